The molecule has 1 amide bonds. The number of hydrogen-bond donors (Lipinski definition) is 1. The lowest BCUT2D eigenvalue weighted by Crippen LogP contribution is -2.34. The summed E-state index contributed by atoms with van der Waals surface area (Å²) in [5.74, 6) is 0. The second kappa shape index (κ2) is 7.92. The number of ether oxygens (including phenoxy) is 2. The number of benzene rings is 1. The Morgan fingerprint density at radius 3 is 2.26 bits per heavy atom. The normalized spacial score (nSPS) is 12.1. The lowest BCUT2D eigenvalue weighted by Gasteiger charge is -2.21. The molecule has 2 rings (SSSR count). The van der Waals surface area contributed by atoms with Gasteiger partial charge in [-0.25, -0.2) is 14.2 Å². The minimum absolute atomic E-state index is 0.342. The van der Waals surface area contributed by atoms with E-state index in [1.165, 1.54) is 0 Å². The van der Waals surface area contributed by atoms with Gasteiger partial charge in [-0.05, 0) is 65.8 Å². The summed E-state index contributed by atoms with van der Waals surface area (Å²) < 4.78 is 13.3. The van der Waals surface area contributed by atoms with Crippen molar-refractivity contribution >= 4 is 39.0 Å². The van der Waals surface area contributed by atoms with Gasteiger partial charge < -0.3 is 14.8 Å². The molecule has 2 aromatic rings. The Kier molecular flexibility index (Phi) is 6.24. The molecule has 1 N–H and O–H groups in total. The van der Waals surface area contributed by atoms with E-state index in [0.29, 0.717) is 13.0 Å². The topological polar surface area (TPSA) is 69.6 Å². The maximum atomic E-state index is 12.7. The van der Waals surface area contributed by atoms with Crippen LogP contribution >= 0.6 is 15.9 Å². The molecule has 1 aromatic carbocycles. The summed E-state index contributed by atoms with van der Waals surface area (Å²) in [5, 5.41) is 3.64. The average molecular weight is 439 g/mol. The van der Waals surface area contributed by atoms with E-state index >= 15 is 0 Å². The molecule has 0 saturated carbocycles. The van der Waals surface area contributed by atoms with E-state index in [0.717, 1.165) is 21.1 Å². The minimum Gasteiger partial charge on any atom is -0.444 e. The number of carbonyl (C=O) groups is 2. The number of nitrogens with one attached hydrogen (secondary N) is 1. The number of nitrogens with zero attached hydrogens (tertiary/aromatic N) is 1. The molecular formula is C20H27BrN2O4. The zero-order valence-electron chi connectivity index (χ0n) is 16.7. The van der Waals surface area contributed by atoms with Crippen LogP contribution < -0.4 is 5.32 Å². The molecule has 0 saturated heterocycles. The Labute approximate surface area is 168 Å². The number of halogens is 1. The summed E-state index contributed by atoms with van der Waals surface area (Å²) in [6, 6.07) is 7.63. The van der Waals surface area contributed by atoms with Crippen molar-refractivity contribution in [1.29, 1.82) is 0 Å². The number of aromatic nitrogens is 1. The number of fused-ring (bicyclic) bond motifs is 1. The van der Waals surface area contributed by atoms with Crippen LogP contribution in [-0.4, -0.2) is 34.5 Å². The van der Waals surface area contributed by atoms with Crippen LogP contribution in [0.4, 0.5) is 9.59 Å². The molecule has 0 unspecified atom stereocenters. The number of hydrogen-bond acceptors (Lipinski definition) is 4. The van der Waals surface area contributed by atoms with Crippen molar-refractivity contribution in [2.75, 3.05) is 6.54 Å². The largest absolute Gasteiger partial charge is 0.444 e. The van der Waals surface area contributed by atoms with E-state index in [-0.39, 0.29) is 0 Å². The van der Waals surface area contributed by atoms with Crippen molar-refractivity contribution in [1.82, 2.24) is 9.88 Å². The van der Waals surface area contributed by atoms with Gasteiger partial charge in [0.15, 0.2) is 0 Å². The fourth-order valence-electron chi connectivity index (χ4n) is 2.56. The van der Waals surface area contributed by atoms with Crippen molar-refractivity contribution in [3.63, 3.8) is 0 Å². The summed E-state index contributed by atoms with van der Waals surface area (Å²) in [5.41, 5.74) is 0.366. The molecule has 0 fully saturated rings. The first-order valence-electron chi connectivity index (χ1n) is 8.86. The van der Waals surface area contributed by atoms with Crippen LogP contribution in [0.15, 0.2) is 28.7 Å². The van der Waals surface area contributed by atoms with Crippen LogP contribution in [0.3, 0.4) is 0 Å². The third-order valence-electron chi connectivity index (χ3n) is 3.47. The van der Waals surface area contributed by atoms with Crippen LogP contribution in [0.25, 0.3) is 10.9 Å². The van der Waals surface area contributed by atoms with Gasteiger partial charge in [-0.1, -0.05) is 15.9 Å². The first-order valence-corrected chi connectivity index (χ1v) is 9.65. The number of alkyl carbamates (subject to hydrolysis) is 1. The van der Waals surface area contributed by atoms with Crippen LogP contribution in [-0.2, 0) is 15.9 Å². The van der Waals surface area contributed by atoms with Crippen molar-refractivity contribution < 1.29 is 19.1 Å². The van der Waals surface area contributed by atoms with E-state index < -0.39 is 23.4 Å². The predicted molar refractivity (Wildman–Crippen MR) is 109 cm³/mol. The fraction of sp³-hybridized carbons (Fsp3) is 0.500. The van der Waals surface area contributed by atoms with Gasteiger partial charge in [-0.2, -0.15) is 0 Å². The fourth-order valence-corrected chi connectivity index (χ4v) is 2.94. The summed E-state index contributed by atoms with van der Waals surface area (Å²) >= 11 is 3.45. The van der Waals surface area contributed by atoms with Crippen LogP contribution in [0.1, 0.15) is 47.2 Å². The second-order valence-electron chi connectivity index (χ2n) is 8.33. The lowest BCUT2D eigenvalue weighted by atomic mass is 10.2. The molecule has 0 atom stereocenters. The van der Waals surface area contributed by atoms with Gasteiger partial charge in [0.25, 0.3) is 0 Å². The van der Waals surface area contributed by atoms with Gasteiger partial charge in [0.05, 0.1) is 5.52 Å². The zero-order valence-corrected chi connectivity index (χ0v) is 18.3. The molecule has 0 aliphatic rings. The van der Waals surface area contributed by atoms with Crippen LogP contribution in [0.2, 0.25) is 0 Å². The Hall–Kier alpha value is -2.02. The van der Waals surface area contributed by atoms with E-state index in [9.17, 15) is 9.59 Å². The third kappa shape index (κ3) is 6.27. The lowest BCUT2D eigenvalue weighted by molar-refractivity contribution is 0.0528. The highest BCUT2D eigenvalue weighted by Gasteiger charge is 2.22. The van der Waals surface area contributed by atoms with Gasteiger partial charge in [0, 0.05) is 28.5 Å². The molecule has 6 nitrogen and oxygen atoms in total. The number of amides is 1. The highest BCUT2D eigenvalue weighted by molar-refractivity contribution is 9.10. The molecule has 0 aliphatic heterocycles. The quantitative estimate of drug-likeness (QED) is 0.709. The van der Waals surface area contributed by atoms with Gasteiger partial charge in [0.1, 0.15) is 11.2 Å². The van der Waals surface area contributed by atoms with Crippen molar-refractivity contribution in [3.05, 3.63) is 34.4 Å². The van der Waals surface area contributed by atoms with E-state index in [1.807, 2.05) is 65.8 Å². The highest BCUT2D eigenvalue weighted by atomic mass is 79.9. The van der Waals surface area contributed by atoms with Crippen molar-refractivity contribution in [2.24, 2.45) is 0 Å². The monoisotopic (exact) mass is 438 g/mol. The van der Waals surface area contributed by atoms with Gasteiger partial charge in [-0.15, -0.1) is 0 Å². The number of rotatable bonds is 3. The van der Waals surface area contributed by atoms with Gasteiger partial charge >= 0.3 is 12.2 Å². The van der Waals surface area contributed by atoms with E-state index in [2.05, 4.69) is 21.2 Å². The maximum absolute atomic E-state index is 12.7. The van der Waals surface area contributed by atoms with Crippen molar-refractivity contribution in [2.45, 2.75) is 59.2 Å². The summed E-state index contributed by atoms with van der Waals surface area (Å²) in [7, 11) is 0. The summed E-state index contributed by atoms with van der Waals surface area (Å²) in [6.45, 7) is 11.3. The number of carbonyl (C=O) groups excluding carboxylic acids is 2. The molecule has 1 aromatic heterocycles. The standard InChI is InChI=1S/C20H27BrN2O4/c1-19(2,3)26-17(24)22-10-9-15-12-13-11-14(21)7-8-16(13)23(15)18(25)27-20(4,5)6/h7-8,11-12H,9-10H2,1-6H3,(H,22,24). The molecule has 0 aliphatic carbocycles. The smallest absolute Gasteiger partial charge is 0.419 e. The van der Waals surface area contributed by atoms with Crippen LogP contribution in [0.5, 0.6) is 0 Å². The predicted octanol–water partition coefficient (Wildman–Crippen LogP) is 5.25. The molecular weight excluding hydrogens is 412 g/mol. The minimum atomic E-state index is -0.602. The second-order valence-corrected chi connectivity index (χ2v) is 9.25. The molecule has 0 spiro atoms. The van der Waals surface area contributed by atoms with E-state index in [4.69, 9.17) is 9.47 Å². The molecule has 27 heavy (non-hydrogen) atoms. The molecule has 148 valence electrons. The maximum Gasteiger partial charge on any atom is 0.419 e. The van der Waals surface area contributed by atoms with Crippen molar-refractivity contribution in [3.8, 4) is 0 Å². The third-order valence-corrected chi connectivity index (χ3v) is 3.96. The van der Waals surface area contributed by atoms with E-state index in [1.54, 1.807) is 4.57 Å². The SMILES string of the molecule is CC(C)(C)OC(=O)NCCc1cc2cc(Br)ccc2n1C(=O)OC(C)(C)C. The van der Waals surface area contributed by atoms with Gasteiger partial charge in [-0.3, -0.25) is 0 Å². The van der Waals surface area contributed by atoms with Crippen LogP contribution in [0, 0.1) is 0 Å². The highest BCUT2D eigenvalue weighted by Crippen LogP contribution is 2.25. The summed E-state index contributed by atoms with van der Waals surface area (Å²) in [4.78, 5) is 24.6. The molecule has 1 heterocycles. The summed E-state index contributed by atoms with van der Waals surface area (Å²) in [6.07, 6.45) is -0.456. The van der Waals surface area contributed by atoms with Gasteiger partial charge in [0.2, 0.25) is 0 Å². The first-order chi connectivity index (χ1) is 12.4. The molecule has 7 heteroatoms. The Morgan fingerprint density at radius 2 is 1.67 bits per heavy atom. The first kappa shape index (κ1) is 21.3. The molecule has 0 bridgehead atoms. The Morgan fingerprint density at radius 1 is 1.04 bits per heavy atom. The molecule has 0 radical (unpaired) electrons. The Balaban J connectivity index is 2.23. The Bertz CT molecular complexity index is 844. The zero-order chi connectivity index (χ0) is 20.4. The average Bonchev–Trinajstić information content (AvgIpc) is 2.80.